The SMILES string of the molecule is O=C(CN1CCN(C(=O)Cn2c(-c3ccccc3)cc3ccccc32)CC1)NC1CC1. The summed E-state index contributed by atoms with van der Waals surface area (Å²) in [5.41, 5.74) is 3.24. The minimum absolute atomic E-state index is 0.105. The number of hydrogen-bond donors (Lipinski definition) is 1. The Bertz CT molecular complexity index is 1080. The molecule has 2 amide bonds. The van der Waals surface area contributed by atoms with Gasteiger partial charge < -0.3 is 14.8 Å². The van der Waals surface area contributed by atoms with Gasteiger partial charge >= 0.3 is 0 Å². The lowest BCUT2D eigenvalue weighted by Crippen LogP contribution is -2.51. The monoisotopic (exact) mass is 416 g/mol. The fourth-order valence-electron chi connectivity index (χ4n) is 4.32. The molecule has 1 saturated heterocycles. The van der Waals surface area contributed by atoms with Crippen LogP contribution in [-0.4, -0.2) is 64.9 Å². The van der Waals surface area contributed by atoms with E-state index in [1.165, 1.54) is 0 Å². The average molecular weight is 417 g/mol. The number of nitrogens with zero attached hydrogens (tertiary/aromatic N) is 3. The van der Waals surface area contributed by atoms with E-state index in [2.05, 4.69) is 45.1 Å². The Kier molecular flexibility index (Phi) is 5.47. The second-order valence-electron chi connectivity index (χ2n) is 8.54. The van der Waals surface area contributed by atoms with E-state index < -0.39 is 0 Å². The fraction of sp³-hybridized carbons (Fsp3) is 0.360. The summed E-state index contributed by atoms with van der Waals surface area (Å²) in [6.07, 6.45) is 2.21. The molecule has 2 heterocycles. The van der Waals surface area contributed by atoms with Crippen LogP contribution in [0.5, 0.6) is 0 Å². The molecule has 0 bridgehead atoms. The summed E-state index contributed by atoms with van der Waals surface area (Å²) in [5, 5.41) is 4.18. The number of rotatable bonds is 6. The number of fused-ring (bicyclic) bond motifs is 1. The van der Waals surface area contributed by atoms with Crippen LogP contribution in [0.3, 0.4) is 0 Å². The summed E-state index contributed by atoms with van der Waals surface area (Å²) in [7, 11) is 0. The number of hydrogen-bond acceptors (Lipinski definition) is 3. The molecule has 0 radical (unpaired) electrons. The first-order valence-electron chi connectivity index (χ1n) is 11.1. The predicted octanol–water partition coefficient (Wildman–Crippen LogP) is 2.73. The van der Waals surface area contributed by atoms with Gasteiger partial charge in [-0.3, -0.25) is 14.5 Å². The van der Waals surface area contributed by atoms with Crippen molar-refractivity contribution in [3.63, 3.8) is 0 Å². The fourth-order valence-corrected chi connectivity index (χ4v) is 4.32. The quantitative estimate of drug-likeness (QED) is 0.672. The first-order valence-corrected chi connectivity index (χ1v) is 11.1. The van der Waals surface area contributed by atoms with E-state index in [9.17, 15) is 9.59 Å². The van der Waals surface area contributed by atoms with Crippen LogP contribution in [0, 0.1) is 0 Å². The molecule has 0 spiro atoms. The summed E-state index contributed by atoms with van der Waals surface area (Å²) < 4.78 is 2.13. The second kappa shape index (κ2) is 8.55. The number of aromatic nitrogens is 1. The molecule has 1 aliphatic carbocycles. The van der Waals surface area contributed by atoms with Crippen LogP contribution < -0.4 is 5.32 Å². The Labute approximate surface area is 182 Å². The third-order valence-electron chi connectivity index (χ3n) is 6.21. The summed E-state index contributed by atoms with van der Waals surface area (Å²) >= 11 is 0. The molecule has 2 aliphatic rings. The highest BCUT2D eigenvalue weighted by molar-refractivity contribution is 5.89. The van der Waals surface area contributed by atoms with Gasteiger partial charge in [-0.15, -0.1) is 0 Å². The number of para-hydroxylation sites is 1. The van der Waals surface area contributed by atoms with Gasteiger partial charge in [0, 0.05) is 48.8 Å². The van der Waals surface area contributed by atoms with Gasteiger partial charge in [0.15, 0.2) is 0 Å². The number of benzene rings is 2. The van der Waals surface area contributed by atoms with E-state index in [4.69, 9.17) is 0 Å². The van der Waals surface area contributed by atoms with Crippen LogP contribution in [0.15, 0.2) is 60.7 Å². The third kappa shape index (κ3) is 4.49. The van der Waals surface area contributed by atoms with Gasteiger partial charge in [-0.05, 0) is 30.5 Å². The molecular weight excluding hydrogens is 388 g/mol. The van der Waals surface area contributed by atoms with Crippen LogP contribution in [0.4, 0.5) is 0 Å². The molecule has 2 fully saturated rings. The summed E-state index contributed by atoms with van der Waals surface area (Å²) in [6.45, 7) is 3.55. The normalized spacial score (nSPS) is 17.1. The molecule has 0 unspecified atom stereocenters. The van der Waals surface area contributed by atoms with Gasteiger partial charge in [-0.1, -0.05) is 48.5 Å². The standard InChI is InChI=1S/C25H28N4O2/c30-24(26-21-10-11-21)17-27-12-14-28(15-13-27)25(31)18-29-22-9-5-4-8-20(22)16-23(29)19-6-2-1-3-7-19/h1-9,16,21H,10-15,17-18H2,(H,26,30). The molecule has 1 aliphatic heterocycles. The molecule has 1 saturated carbocycles. The molecule has 0 atom stereocenters. The highest BCUT2D eigenvalue weighted by Gasteiger charge is 2.26. The Morgan fingerprint density at radius 2 is 1.58 bits per heavy atom. The van der Waals surface area contributed by atoms with Crippen LogP contribution in [-0.2, 0) is 16.1 Å². The predicted molar refractivity (Wildman–Crippen MR) is 122 cm³/mol. The van der Waals surface area contributed by atoms with E-state index in [0.717, 1.165) is 48.1 Å². The zero-order valence-corrected chi connectivity index (χ0v) is 17.7. The highest BCUT2D eigenvalue weighted by Crippen LogP contribution is 2.28. The van der Waals surface area contributed by atoms with Gasteiger partial charge in [0.1, 0.15) is 6.54 Å². The molecule has 5 rings (SSSR count). The van der Waals surface area contributed by atoms with Crippen molar-refractivity contribution in [1.29, 1.82) is 0 Å². The molecule has 2 aromatic carbocycles. The zero-order valence-electron chi connectivity index (χ0n) is 17.7. The first kappa shape index (κ1) is 19.8. The summed E-state index contributed by atoms with van der Waals surface area (Å²) in [5.74, 6) is 0.231. The van der Waals surface area contributed by atoms with Gasteiger partial charge in [0.25, 0.3) is 0 Å². The minimum Gasteiger partial charge on any atom is -0.352 e. The minimum atomic E-state index is 0.105. The van der Waals surface area contributed by atoms with Crippen molar-refractivity contribution in [2.75, 3.05) is 32.7 Å². The van der Waals surface area contributed by atoms with Crippen molar-refractivity contribution in [3.05, 3.63) is 60.7 Å². The molecule has 160 valence electrons. The lowest BCUT2D eigenvalue weighted by atomic mass is 10.1. The van der Waals surface area contributed by atoms with E-state index in [0.29, 0.717) is 32.2 Å². The van der Waals surface area contributed by atoms with Crippen molar-refractivity contribution in [2.24, 2.45) is 0 Å². The maximum Gasteiger partial charge on any atom is 0.242 e. The van der Waals surface area contributed by atoms with E-state index >= 15 is 0 Å². The van der Waals surface area contributed by atoms with Gasteiger partial charge in [0.2, 0.25) is 11.8 Å². The zero-order chi connectivity index (χ0) is 21.2. The highest BCUT2D eigenvalue weighted by atomic mass is 16.2. The molecule has 3 aromatic rings. The lowest BCUT2D eigenvalue weighted by molar-refractivity contribution is -0.133. The maximum atomic E-state index is 13.2. The Morgan fingerprint density at radius 3 is 2.32 bits per heavy atom. The Hall–Kier alpha value is -3.12. The Balaban J connectivity index is 1.27. The lowest BCUT2D eigenvalue weighted by Gasteiger charge is -2.34. The second-order valence-corrected chi connectivity index (χ2v) is 8.54. The Morgan fingerprint density at radius 1 is 0.871 bits per heavy atom. The first-order chi connectivity index (χ1) is 15.2. The van der Waals surface area contributed by atoms with Gasteiger partial charge in [-0.25, -0.2) is 0 Å². The molecule has 6 heteroatoms. The van der Waals surface area contributed by atoms with Crippen molar-refractivity contribution >= 4 is 22.7 Å². The van der Waals surface area contributed by atoms with Crippen LogP contribution in [0.25, 0.3) is 22.2 Å². The van der Waals surface area contributed by atoms with Crippen LogP contribution in [0.1, 0.15) is 12.8 Å². The van der Waals surface area contributed by atoms with Crippen molar-refractivity contribution < 1.29 is 9.59 Å². The van der Waals surface area contributed by atoms with E-state index in [1.807, 2.05) is 35.2 Å². The molecule has 1 aromatic heterocycles. The molecule has 1 N–H and O–H groups in total. The average Bonchev–Trinajstić information content (AvgIpc) is 3.54. The summed E-state index contributed by atoms with van der Waals surface area (Å²) in [4.78, 5) is 29.3. The largest absolute Gasteiger partial charge is 0.352 e. The van der Waals surface area contributed by atoms with Crippen molar-refractivity contribution in [1.82, 2.24) is 19.7 Å². The summed E-state index contributed by atoms with van der Waals surface area (Å²) in [6, 6.07) is 21.0. The number of amides is 2. The number of nitrogens with one attached hydrogen (secondary N) is 1. The van der Waals surface area contributed by atoms with Crippen LogP contribution in [0.2, 0.25) is 0 Å². The van der Waals surface area contributed by atoms with Crippen molar-refractivity contribution in [3.8, 4) is 11.3 Å². The number of carbonyl (C=O) groups excluding carboxylic acids is 2. The molecular formula is C25H28N4O2. The smallest absolute Gasteiger partial charge is 0.242 e. The van der Waals surface area contributed by atoms with Crippen LogP contribution >= 0.6 is 0 Å². The molecule has 6 nitrogen and oxygen atoms in total. The number of carbonyl (C=O) groups is 2. The van der Waals surface area contributed by atoms with Gasteiger partial charge in [0.05, 0.1) is 6.54 Å². The van der Waals surface area contributed by atoms with Gasteiger partial charge in [-0.2, -0.15) is 0 Å². The third-order valence-corrected chi connectivity index (χ3v) is 6.21. The van der Waals surface area contributed by atoms with Crippen molar-refractivity contribution in [2.45, 2.75) is 25.4 Å². The number of piperazine rings is 1. The molecule has 31 heavy (non-hydrogen) atoms. The maximum absolute atomic E-state index is 13.2. The van der Waals surface area contributed by atoms with E-state index in [-0.39, 0.29) is 11.8 Å². The topological polar surface area (TPSA) is 57.6 Å². The van der Waals surface area contributed by atoms with E-state index in [1.54, 1.807) is 0 Å².